The number of alkyl carbamates (subject to hydrolysis) is 1. The fourth-order valence-electron chi connectivity index (χ4n) is 2.45. The first-order valence-corrected chi connectivity index (χ1v) is 9.21. The molecule has 1 atom stereocenters. The first kappa shape index (κ1) is 21.9. The van der Waals surface area contributed by atoms with Crippen molar-refractivity contribution in [3.63, 3.8) is 0 Å². The standard InChI is InChI=1S/C20H33N3O3/c1-8-10-13-21-16(14(3)9-2)20(11-12-20)23-17(24)15(4)22-18(25)26-19(5,6)7/h8,10,13,15H,9,11-12H2,1-7H3,(H,22,25)(H,23,24)/b10-8-,16-14+,21-13-/t15-/m0/s1. The lowest BCUT2D eigenvalue weighted by Crippen LogP contribution is -2.50. The molecule has 0 bridgehead atoms. The minimum absolute atomic E-state index is 0.240. The van der Waals surface area contributed by atoms with E-state index in [2.05, 4.69) is 22.5 Å². The van der Waals surface area contributed by atoms with E-state index in [1.54, 1.807) is 33.9 Å². The number of allylic oxidation sites excluding steroid dienone is 3. The highest BCUT2D eigenvalue weighted by molar-refractivity contribution is 5.86. The molecular formula is C20H33N3O3. The topological polar surface area (TPSA) is 79.8 Å². The Labute approximate surface area is 157 Å². The molecule has 0 unspecified atom stereocenters. The Morgan fingerprint density at radius 1 is 1.31 bits per heavy atom. The summed E-state index contributed by atoms with van der Waals surface area (Å²) in [5.74, 6) is -0.240. The summed E-state index contributed by atoms with van der Waals surface area (Å²) < 4.78 is 5.20. The van der Waals surface area contributed by atoms with Crippen LogP contribution in [0.5, 0.6) is 0 Å². The second-order valence-electron chi connectivity index (χ2n) is 7.73. The summed E-state index contributed by atoms with van der Waals surface area (Å²) in [4.78, 5) is 29.0. The molecular weight excluding hydrogens is 330 g/mol. The van der Waals surface area contributed by atoms with Crippen LogP contribution in [-0.2, 0) is 9.53 Å². The van der Waals surface area contributed by atoms with Crippen molar-refractivity contribution in [2.24, 2.45) is 4.99 Å². The van der Waals surface area contributed by atoms with Gasteiger partial charge in [-0.2, -0.15) is 0 Å². The van der Waals surface area contributed by atoms with E-state index in [0.29, 0.717) is 0 Å². The maximum Gasteiger partial charge on any atom is 0.408 e. The molecule has 146 valence electrons. The predicted molar refractivity (Wildman–Crippen MR) is 105 cm³/mol. The van der Waals surface area contributed by atoms with Crippen molar-refractivity contribution in [2.75, 3.05) is 0 Å². The summed E-state index contributed by atoms with van der Waals surface area (Å²) in [6.07, 6.45) is 7.49. The zero-order valence-corrected chi connectivity index (χ0v) is 17.1. The maximum atomic E-state index is 12.6. The number of amides is 2. The van der Waals surface area contributed by atoms with Crippen molar-refractivity contribution in [3.05, 3.63) is 23.4 Å². The fraction of sp³-hybridized carbons (Fsp3) is 0.650. The van der Waals surface area contributed by atoms with Crippen LogP contribution < -0.4 is 10.6 Å². The predicted octanol–water partition coefficient (Wildman–Crippen LogP) is 3.88. The average molecular weight is 364 g/mol. The second-order valence-corrected chi connectivity index (χ2v) is 7.73. The Kier molecular flexibility index (Phi) is 7.60. The van der Waals surface area contributed by atoms with Crippen molar-refractivity contribution >= 4 is 18.2 Å². The van der Waals surface area contributed by atoms with Gasteiger partial charge in [0.25, 0.3) is 0 Å². The van der Waals surface area contributed by atoms with Gasteiger partial charge in [-0.1, -0.05) is 13.0 Å². The number of nitrogens with zero attached hydrogens (tertiary/aromatic N) is 1. The highest BCUT2D eigenvalue weighted by atomic mass is 16.6. The van der Waals surface area contributed by atoms with Crippen LogP contribution in [0.4, 0.5) is 4.79 Å². The Bertz CT molecular complexity index is 608. The molecule has 1 aliphatic rings. The van der Waals surface area contributed by atoms with Gasteiger partial charge in [-0.15, -0.1) is 0 Å². The third-order valence-corrected chi connectivity index (χ3v) is 4.11. The van der Waals surface area contributed by atoms with Gasteiger partial charge in [-0.05, 0) is 72.5 Å². The number of nitrogens with one attached hydrogen (secondary N) is 2. The van der Waals surface area contributed by atoms with Crippen LogP contribution in [0.2, 0.25) is 0 Å². The molecule has 0 aromatic carbocycles. The molecule has 1 saturated carbocycles. The quantitative estimate of drug-likeness (QED) is 0.674. The van der Waals surface area contributed by atoms with Crippen LogP contribution in [0.15, 0.2) is 28.4 Å². The molecule has 1 fully saturated rings. The molecule has 2 amide bonds. The van der Waals surface area contributed by atoms with Crippen molar-refractivity contribution in [2.45, 2.75) is 84.9 Å². The van der Waals surface area contributed by atoms with E-state index in [9.17, 15) is 9.59 Å². The zero-order valence-electron chi connectivity index (χ0n) is 17.1. The smallest absolute Gasteiger partial charge is 0.408 e. The van der Waals surface area contributed by atoms with Crippen LogP contribution in [-0.4, -0.2) is 35.4 Å². The largest absolute Gasteiger partial charge is 0.444 e. The molecule has 1 rings (SSSR count). The van der Waals surface area contributed by atoms with E-state index in [-0.39, 0.29) is 5.91 Å². The second kappa shape index (κ2) is 9.01. The van der Waals surface area contributed by atoms with E-state index in [1.807, 2.05) is 26.0 Å². The number of carbonyl (C=O) groups is 2. The highest BCUT2D eigenvalue weighted by Gasteiger charge is 2.48. The molecule has 0 aromatic rings. The molecule has 0 aromatic heterocycles. The van der Waals surface area contributed by atoms with E-state index >= 15 is 0 Å². The van der Waals surface area contributed by atoms with Gasteiger partial charge < -0.3 is 15.4 Å². The summed E-state index contributed by atoms with van der Waals surface area (Å²) in [7, 11) is 0. The molecule has 0 spiro atoms. The van der Waals surface area contributed by atoms with Crippen molar-refractivity contribution in [1.82, 2.24) is 10.6 Å². The van der Waals surface area contributed by atoms with E-state index in [1.165, 1.54) is 0 Å². The van der Waals surface area contributed by atoms with Crippen LogP contribution in [0.1, 0.15) is 67.7 Å². The van der Waals surface area contributed by atoms with Gasteiger partial charge in [0.05, 0.1) is 11.2 Å². The Balaban J connectivity index is 2.81. The minimum atomic E-state index is -0.690. The van der Waals surface area contributed by atoms with Gasteiger partial charge in [-0.3, -0.25) is 9.79 Å². The Morgan fingerprint density at radius 3 is 2.38 bits per heavy atom. The lowest BCUT2D eigenvalue weighted by Gasteiger charge is -2.24. The van der Waals surface area contributed by atoms with Gasteiger partial charge in [-0.25, -0.2) is 4.79 Å². The third-order valence-electron chi connectivity index (χ3n) is 4.11. The van der Waals surface area contributed by atoms with Crippen LogP contribution in [0.3, 0.4) is 0 Å². The van der Waals surface area contributed by atoms with Gasteiger partial charge in [0.2, 0.25) is 5.91 Å². The van der Waals surface area contributed by atoms with Crippen molar-refractivity contribution in [3.8, 4) is 0 Å². The van der Waals surface area contributed by atoms with Crippen LogP contribution >= 0.6 is 0 Å². The van der Waals surface area contributed by atoms with Crippen molar-refractivity contribution in [1.29, 1.82) is 0 Å². The molecule has 2 N–H and O–H groups in total. The molecule has 1 aliphatic carbocycles. The first-order chi connectivity index (χ1) is 12.0. The maximum absolute atomic E-state index is 12.6. The summed E-state index contributed by atoms with van der Waals surface area (Å²) in [5.41, 5.74) is 1.03. The monoisotopic (exact) mass is 363 g/mol. The lowest BCUT2D eigenvalue weighted by molar-refractivity contribution is -0.123. The van der Waals surface area contributed by atoms with E-state index in [0.717, 1.165) is 30.5 Å². The summed E-state index contributed by atoms with van der Waals surface area (Å²) >= 11 is 0. The molecule has 0 heterocycles. The molecule has 0 saturated heterocycles. The number of aliphatic imine (C=N–C) groups is 1. The molecule has 0 radical (unpaired) electrons. The molecule has 6 heteroatoms. The molecule has 6 nitrogen and oxygen atoms in total. The normalized spacial score (nSPS) is 18.4. The van der Waals surface area contributed by atoms with Gasteiger partial charge in [0.1, 0.15) is 11.6 Å². The third kappa shape index (κ3) is 6.65. The number of rotatable bonds is 7. The SMILES string of the molecule is C\C=C/C=N\C(=C(/C)CC)C1(NC(=O)[C@H](C)NC(=O)OC(C)(C)C)CC1. The number of ether oxygens (including phenoxy) is 1. The first-order valence-electron chi connectivity index (χ1n) is 9.21. The van der Waals surface area contributed by atoms with E-state index in [4.69, 9.17) is 4.74 Å². The number of hydrogen-bond donors (Lipinski definition) is 2. The average Bonchev–Trinajstić information content (AvgIpc) is 3.29. The molecule has 26 heavy (non-hydrogen) atoms. The highest BCUT2D eigenvalue weighted by Crippen LogP contribution is 2.44. The van der Waals surface area contributed by atoms with Crippen molar-refractivity contribution < 1.29 is 14.3 Å². The van der Waals surface area contributed by atoms with Crippen LogP contribution in [0, 0.1) is 0 Å². The van der Waals surface area contributed by atoms with E-state index < -0.39 is 23.3 Å². The van der Waals surface area contributed by atoms with Gasteiger partial charge >= 0.3 is 6.09 Å². The van der Waals surface area contributed by atoms with Gasteiger partial charge in [0.15, 0.2) is 0 Å². The number of hydrogen-bond acceptors (Lipinski definition) is 4. The summed E-state index contributed by atoms with van der Waals surface area (Å²) in [6, 6.07) is -0.690. The van der Waals surface area contributed by atoms with Gasteiger partial charge in [0, 0.05) is 6.21 Å². The Hall–Kier alpha value is -2.11. The minimum Gasteiger partial charge on any atom is -0.444 e. The fourth-order valence-corrected chi connectivity index (χ4v) is 2.45. The molecule has 0 aliphatic heterocycles. The number of carbonyl (C=O) groups excluding carboxylic acids is 2. The lowest BCUT2D eigenvalue weighted by atomic mass is 10.0. The zero-order chi connectivity index (χ0) is 20.0. The summed E-state index contributed by atoms with van der Waals surface area (Å²) in [5, 5.41) is 5.65. The Morgan fingerprint density at radius 2 is 1.92 bits per heavy atom. The van der Waals surface area contributed by atoms with Crippen LogP contribution in [0.25, 0.3) is 0 Å². The summed E-state index contributed by atoms with van der Waals surface area (Å²) in [6.45, 7) is 13.0.